The van der Waals surface area contributed by atoms with Crippen molar-refractivity contribution in [2.75, 3.05) is 39.4 Å². The highest BCUT2D eigenvalue weighted by atomic mass is 16.5. The fraction of sp³-hybridized carbons (Fsp3) is 0.600. The first kappa shape index (κ1) is 14.1. The Labute approximate surface area is 123 Å². The van der Waals surface area contributed by atoms with Crippen molar-refractivity contribution in [1.82, 2.24) is 9.80 Å². The van der Waals surface area contributed by atoms with Crippen molar-refractivity contribution in [3.05, 3.63) is 24.2 Å². The van der Waals surface area contributed by atoms with Crippen LogP contribution in [0.2, 0.25) is 0 Å². The smallest absolute Gasteiger partial charge is 0.257 e. The molecule has 1 aromatic heterocycles. The van der Waals surface area contributed by atoms with Gasteiger partial charge >= 0.3 is 0 Å². The minimum atomic E-state index is -0.0257. The van der Waals surface area contributed by atoms with E-state index in [0.717, 1.165) is 12.8 Å². The second-order valence-corrected chi connectivity index (χ2v) is 5.54. The fourth-order valence-electron chi connectivity index (χ4n) is 2.90. The third-order valence-corrected chi connectivity index (χ3v) is 4.14. The zero-order valence-electron chi connectivity index (χ0n) is 12.0. The number of ether oxygens (including phenoxy) is 1. The highest BCUT2D eigenvalue weighted by Crippen LogP contribution is 2.17. The molecule has 0 aromatic carbocycles. The molecule has 21 heavy (non-hydrogen) atoms. The Bertz CT molecular complexity index is 494. The maximum absolute atomic E-state index is 12.4. The van der Waals surface area contributed by atoms with Crippen molar-refractivity contribution in [2.45, 2.75) is 12.8 Å². The second-order valence-electron chi connectivity index (χ2n) is 5.54. The van der Waals surface area contributed by atoms with Crippen LogP contribution in [-0.4, -0.2) is 61.0 Å². The van der Waals surface area contributed by atoms with Gasteiger partial charge in [0.15, 0.2) is 0 Å². The minimum Gasteiger partial charge on any atom is -0.472 e. The number of nitrogens with zero attached hydrogens (tertiary/aromatic N) is 2. The molecule has 6 heteroatoms. The molecule has 0 aliphatic carbocycles. The molecule has 0 N–H and O–H groups in total. The summed E-state index contributed by atoms with van der Waals surface area (Å²) in [4.78, 5) is 28.3. The van der Waals surface area contributed by atoms with Crippen LogP contribution in [0.3, 0.4) is 0 Å². The van der Waals surface area contributed by atoms with Gasteiger partial charge in [0, 0.05) is 32.8 Å². The lowest BCUT2D eigenvalue weighted by atomic mass is 10.1. The molecule has 2 amide bonds. The molecule has 0 radical (unpaired) electrons. The Morgan fingerprint density at radius 3 is 2.67 bits per heavy atom. The third-order valence-electron chi connectivity index (χ3n) is 4.14. The average molecular weight is 292 g/mol. The molecule has 1 unspecified atom stereocenters. The van der Waals surface area contributed by atoms with Gasteiger partial charge in [-0.15, -0.1) is 0 Å². The van der Waals surface area contributed by atoms with Gasteiger partial charge in [0.25, 0.3) is 5.91 Å². The van der Waals surface area contributed by atoms with Gasteiger partial charge in [0.05, 0.1) is 24.4 Å². The van der Waals surface area contributed by atoms with Crippen LogP contribution >= 0.6 is 0 Å². The Balaban J connectivity index is 1.59. The van der Waals surface area contributed by atoms with Crippen LogP contribution in [0.5, 0.6) is 0 Å². The molecule has 2 fully saturated rings. The maximum atomic E-state index is 12.4. The number of amides is 2. The van der Waals surface area contributed by atoms with Crippen LogP contribution in [0.15, 0.2) is 23.0 Å². The maximum Gasteiger partial charge on any atom is 0.257 e. The van der Waals surface area contributed by atoms with Crippen molar-refractivity contribution < 1.29 is 18.7 Å². The molecule has 2 aliphatic heterocycles. The first-order valence-electron chi connectivity index (χ1n) is 7.43. The van der Waals surface area contributed by atoms with Crippen molar-refractivity contribution >= 4 is 11.8 Å². The third kappa shape index (κ3) is 3.10. The molecule has 114 valence electrons. The summed E-state index contributed by atoms with van der Waals surface area (Å²) in [6, 6.07) is 1.67. The molecule has 3 rings (SSSR count). The summed E-state index contributed by atoms with van der Waals surface area (Å²) in [6.45, 7) is 3.77. The van der Waals surface area contributed by atoms with Crippen LogP contribution < -0.4 is 0 Å². The van der Waals surface area contributed by atoms with E-state index in [0.29, 0.717) is 45.0 Å². The van der Waals surface area contributed by atoms with E-state index in [9.17, 15) is 9.59 Å². The van der Waals surface area contributed by atoms with Gasteiger partial charge in [-0.05, 0) is 18.9 Å². The van der Waals surface area contributed by atoms with Gasteiger partial charge in [-0.2, -0.15) is 0 Å². The largest absolute Gasteiger partial charge is 0.472 e. The molecule has 2 saturated heterocycles. The molecule has 3 heterocycles. The lowest BCUT2D eigenvalue weighted by Crippen LogP contribution is -2.40. The summed E-state index contributed by atoms with van der Waals surface area (Å²) in [5.41, 5.74) is 0.568. The van der Waals surface area contributed by atoms with E-state index in [1.165, 1.54) is 12.5 Å². The van der Waals surface area contributed by atoms with Gasteiger partial charge in [-0.1, -0.05) is 0 Å². The summed E-state index contributed by atoms with van der Waals surface area (Å²) in [6.07, 6.45) is 4.59. The van der Waals surface area contributed by atoms with Crippen LogP contribution in [0.1, 0.15) is 23.2 Å². The highest BCUT2D eigenvalue weighted by Gasteiger charge is 2.30. The predicted octanol–water partition coefficient (Wildman–Crippen LogP) is 0.991. The lowest BCUT2D eigenvalue weighted by Gasteiger charge is -2.24. The Morgan fingerprint density at radius 1 is 1.14 bits per heavy atom. The lowest BCUT2D eigenvalue weighted by molar-refractivity contribution is -0.135. The van der Waals surface area contributed by atoms with Gasteiger partial charge in [-0.25, -0.2) is 0 Å². The van der Waals surface area contributed by atoms with Crippen LogP contribution in [0.25, 0.3) is 0 Å². The molecule has 0 spiro atoms. The average Bonchev–Trinajstić information content (AvgIpc) is 3.15. The quantitative estimate of drug-likeness (QED) is 0.815. The molecule has 0 saturated carbocycles. The Morgan fingerprint density at radius 2 is 1.95 bits per heavy atom. The molecule has 0 bridgehead atoms. The number of carbonyl (C=O) groups is 2. The summed E-state index contributed by atoms with van der Waals surface area (Å²) in [5, 5.41) is 0. The standard InChI is InChI=1S/C15H20N2O4/c18-14(12-2-8-20-10-12)16-4-1-5-17(7-6-16)15(19)13-3-9-21-11-13/h2,8,10,13H,1,3-7,9,11H2. The Kier molecular flexibility index (Phi) is 4.24. The number of hydrogen-bond acceptors (Lipinski definition) is 4. The van der Waals surface area contributed by atoms with E-state index >= 15 is 0 Å². The van der Waals surface area contributed by atoms with E-state index in [1.54, 1.807) is 11.0 Å². The normalized spacial score (nSPS) is 23.1. The van der Waals surface area contributed by atoms with Crippen molar-refractivity contribution in [3.8, 4) is 0 Å². The number of carbonyl (C=O) groups excluding carboxylic acids is 2. The SMILES string of the molecule is O=C(c1ccoc1)N1CCCN(C(=O)C2CCOC2)CC1. The predicted molar refractivity (Wildman–Crippen MR) is 74.7 cm³/mol. The number of furan rings is 1. The van der Waals surface area contributed by atoms with E-state index in [-0.39, 0.29) is 17.7 Å². The summed E-state index contributed by atoms with van der Waals surface area (Å²) < 4.78 is 10.2. The van der Waals surface area contributed by atoms with Crippen LogP contribution in [0, 0.1) is 5.92 Å². The number of rotatable bonds is 2. The summed E-state index contributed by atoms with van der Waals surface area (Å²) in [7, 11) is 0. The Hall–Kier alpha value is -1.82. The van der Waals surface area contributed by atoms with Crippen molar-refractivity contribution in [3.63, 3.8) is 0 Å². The zero-order valence-corrected chi connectivity index (χ0v) is 12.0. The van der Waals surface area contributed by atoms with Gasteiger partial charge in [-0.3, -0.25) is 9.59 Å². The van der Waals surface area contributed by atoms with E-state index in [1.807, 2.05) is 4.90 Å². The van der Waals surface area contributed by atoms with Gasteiger partial charge in [0.2, 0.25) is 5.91 Å². The van der Waals surface area contributed by atoms with Crippen molar-refractivity contribution in [2.24, 2.45) is 5.92 Å². The topological polar surface area (TPSA) is 63.0 Å². The number of hydrogen-bond donors (Lipinski definition) is 0. The van der Waals surface area contributed by atoms with E-state index in [2.05, 4.69) is 0 Å². The van der Waals surface area contributed by atoms with Gasteiger partial charge in [0.1, 0.15) is 6.26 Å². The van der Waals surface area contributed by atoms with Crippen LogP contribution in [-0.2, 0) is 9.53 Å². The summed E-state index contributed by atoms with van der Waals surface area (Å²) >= 11 is 0. The molecular weight excluding hydrogens is 272 g/mol. The van der Waals surface area contributed by atoms with Gasteiger partial charge < -0.3 is 19.0 Å². The second kappa shape index (κ2) is 6.30. The van der Waals surface area contributed by atoms with E-state index < -0.39 is 0 Å². The first-order chi connectivity index (χ1) is 10.3. The van der Waals surface area contributed by atoms with Crippen LogP contribution in [0.4, 0.5) is 0 Å². The highest BCUT2D eigenvalue weighted by molar-refractivity contribution is 5.93. The van der Waals surface area contributed by atoms with E-state index in [4.69, 9.17) is 9.15 Å². The first-order valence-corrected chi connectivity index (χ1v) is 7.43. The monoisotopic (exact) mass is 292 g/mol. The molecule has 6 nitrogen and oxygen atoms in total. The molecular formula is C15H20N2O4. The fourth-order valence-corrected chi connectivity index (χ4v) is 2.90. The molecule has 1 aromatic rings. The minimum absolute atomic E-state index is 0.00104. The zero-order chi connectivity index (χ0) is 14.7. The van der Waals surface area contributed by atoms with Crippen molar-refractivity contribution in [1.29, 1.82) is 0 Å². The molecule has 1 atom stereocenters. The summed E-state index contributed by atoms with van der Waals surface area (Å²) in [5.74, 6) is 0.147. The molecule has 2 aliphatic rings.